The molecular weight excluding hydrogens is 434 g/mol. The Labute approximate surface area is 189 Å². The third-order valence-corrected chi connectivity index (χ3v) is 7.23. The number of hydrogen-bond donors (Lipinski definition) is 2. The van der Waals surface area contributed by atoms with E-state index in [0.29, 0.717) is 35.3 Å². The van der Waals surface area contributed by atoms with Crippen molar-refractivity contribution < 1.29 is 28.1 Å². The lowest BCUT2D eigenvalue weighted by Gasteiger charge is -2.26. The summed E-state index contributed by atoms with van der Waals surface area (Å²) in [7, 11) is -2.30. The molecule has 0 atom stereocenters. The fourth-order valence-electron chi connectivity index (χ4n) is 3.70. The molecule has 0 unspecified atom stereocenters. The first-order valence-corrected chi connectivity index (χ1v) is 12.3. The van der Waals surface area contributed by atoms with Gasteiger partial charge in [0.05, 0.1) is 30.4 Å². The molecule has 0 spiro atoms. The predicted molar refractivity (Wildman–Crippen MR) is 120 cm³/mol. The Morgan fingerprint density at radius 1 is 1.22 bits per heavy atom. The molecule has 2 aromatic rings. The number of sulfonamides is 1. The topological polar surface area (TPSA) is 114 Å². The largest absolute Gasteiger partial charge is 0.493 e. The van der Waals surface area contributed by atoms with E-state index in [1.54, 1.807) is 19.2 Å². The van der Waals surface area contributed by atoms with Crippen LogP contribution in [0.3, 0.4) is 0 Å². The molecule has 3 rings (SSSR count). The molecule has 1 saturated heterocycles. The van der Waals surface area contributed by atoms with Crippen LogP contribution in [0.2, 0.25) is 0 Å². The number of aryl methyl sites for hydroxylation is 1. The lowest BCUT2D eigenvalue weighted by Crippen LogP contribution is -2.35. The highest BCUT2D eigenvalue weighted by atomic mass is 32.2. The van der Waals surface area contributed by atoms with E-state index < -0.39 is 10.0 Å². The molecular formula is C22H33N3O6S. The number of aromatic nitrogens is 2. The number of nitrogens with zero attached hydrogens (tertiary/aromatic N) is 3. The van der Waals surface area contributed by atoms with Crippen LogP contribution in [0.1, 0.15) is 37.9 Å². The number of benzene rings is 1. The van der Waals surface area contributed by atoms with E-state index in [0.717, 1.165) is 26.1 Å². The average molecular weight is 468 g/mol. The fraction of sp³-hybridized carbons (Fsp3) is 0.591. The second-order valence-electron chi connectivity index (χ2n) is 8.50. The van der Waals surface area contributed by atoms with E-state index in [2.05, 4.69) is 5.10 Å². The maximum Gasteiger partial charge on any atom is 0.265 e. The molecule has 32 heavy (non-hydrogen) atoms. The zero-order valence-corrected chi connectivity index (χ0v) is 19.7. The van der Waals surface area contributed by atoms with E-state index in [9.17, 15) is 18.6 Å². The summed E-state index contributed by atoms with van der Waals surface area (Å²) in [6, 6.07) is 6.14. The van der Waals surface area contributed by atoms with E-state index in [-0.39, 0.29) is 30.6 Å². The smallest absolute Gasteiger partial charge is 0.265 e. The summed E-state index contributed by atoms with van der Waals surface area (Å²) in [5.41, 5.74) is 0.808. The highest BCUT2D eigenvalue weighted by molar-refractivity contribution is 7.92. The van der Waals surface area contributed by atoms with Crippen LogP contribution < -0.4 is 9.04 Å². The van der Waals surface area contributed by atoms with Gasteiger partial charge >= 0.3 is 0 Å². The summed E-state index contributed by atoms with van der Waals surface area (Å²) in [4.78, 5) is 0.0624. The monoisotopic (exact) mass is 467 g/mol. The Kier molecular flexibility index (Phi) is 8.16. The van der Waals surface area contributed by atoms with Crippen molar-refractivity contribution in [3.8, 4) is 5.75 Å². The molecule has 1 aromatic heterocycles. The maximum absolute atomic E-state index is 13.6. The van der Waals surface area contributed by atoms with Crippen LogP contribution in [0.25, 0.3) is 0 Å². The van der Waals surface area contributed by atoms with Gasteiger partial charge in [-0.15, -0.1) is 0 Å². The number of rotatable bonds is 10. The molecule has 0 bridgehead atoms. The molecule has 9 nitrogen and oxygen atoms in total. The summed E-state index contributed by atoms with van der Waals surface area (Å²) in [5, 5.41) is 23.5. The van der Waals surface area contributed by atoms with Gasteiger partial charge in [-0.2, -0.15) is 5.10 Å². The molecule has 0 saturated carbocycles. The van der Waals surface area contributed by atoms with Gasteiger partial charge < -0.3 is 19.7 Å². The number of hydrogen-bond acceptors (Lipinski definition) is 7. The van der Waals surface area contributed by atoms with Crippen molar-refractivity contribution in [2.24, 2.45) is 18.9 Å². The highest BCUT2D eigenvalue weighted by Gasteiger charge is 2.29. The van der Waals surface area contributed by atoms with Crippen LogP contribution in [0, 0.1) is 11.8 Å². The minimum absolute atomic E-state index is 0.0524. The number of aliphatic hydroxyl groups is 2. The van der Waals surface area contributed by atoms with Crippen molar-refractivity contribution in [1.29, 1.82) is 0 Å². The Morgan fingerprint density at radius 3 is 2.53 bits per heavy atom. The molecule has 1 aromatic carbocycles. The van der Waals surface area contributed by atoms with Gasteiger partial charge in [0.1, 0.15) is 11.6 Å². The SMILES string of the molecule is CC(C)CN(c1cc(CO)nn1C)S(=O)(=O)c1ccc(OCC2CCOCC2)c(CO)c1. The van der Waals surface area contributed by atoms with Crippen molar-refractivity contribution in [3.05, 3.63) is 35.5 Å². The molecule has 2 N–H and O–H groups in total. The standard InChI is InChI=1S/C22H33N3O6S/c1-16(2)12-25(22-11-19(14-27)23-24(22)3)32(28,29)20-4-5-21(18(10-20)13-26)31-15-17-6-8-30-9-7-17/h4-5,10-11,16-17,26-27H,6-9,12-15H2,1-3H3. The van der Waals surface area contributed by atoms with Crippen molar-refractivity contribution in [3.63, 3.8) is 0 Å². The summed E-state index contributed by atoms with van der Waals surface area (Å²) >= 11 is 0. The fourth-order valence-corrected chi connectivity index (χ4v) is 5.40. The van der Waals surface area contributed by atoms with Crippen LogP contribution in [0.15, 0.2) is 29.2 Å². The molecule has 1 aliphatic heterocycles. The third-order valence-electron chi connectivity index (χ3n) is 5.46. The lowest BCUT2D eigenvalue weighted by atomic mass is 10.0. The van der Waals surface area contributed by atoms with Gasteiger partial charge in [0.15, 0.2) is 0 Å². The first-order chi connectivity index (χ1) is 15.3. The summed E-state index contributed by atoms with van der Waals surface area (Å²) < 4.78 is 41.2. The van der Waals surface area contributed by atoms with E-state index >= 15 is 0 Å². The molecule has 1 fully saturated rings. The minimum atomic E-state index is -3.94. The molecule has 0 amide bonds. The summed E-state index contributed by atoms with van der Waals surface area (Å²) in [5.74, 6) is 1.28. The average Bonchev–Trinajstić information content (AvgIpc) is 3.16. The second-order valence-corrected chi connectivity index (χ2v) is 10.4. The molecule has 178 valence electrons. The van der Waals surface area contributed by atoms with Gasteiger partial charge in [-0.3, -0.25) is 4.68 Å². The number of aliphatic hydroxyl groups excluding tert-OH is 2. The maximum atomic E-state index is 13.6. The first kappa shape index (κ1) is 24.5. The molecule has 1 aliphatic rings. The van der Waals surface area contributed by atoms with Gasteiger partial charge in [0, 0.05) is 38.4 Å². The van der Waals surface area contributed by atoms with Crippen molar-refractivity contribution in [2.75, 3.05) is 30.7 Å². The highest BCUT2D eigenvalue weighted by Crippen LogP contribution is 2.29. The molecule has 2 heterocycles. The van der Waals surface area contributed by atoms with Crippen molar-refractivity contribution >= 4 is 15.8 Å². The van der Waals surface area contributed by atoms with E-state index in [1.807, 2.05) is 13.8 Å². The number of ether oxygens (including phenoxy) is 2. The van der Waals surface area contributed by atoms with Crippen LogP contribution >= 0.6 is 0 Å². The molecule has 10 heteroatoms. The van der Waals surface area contributed by atoms with Gasteiger partial charge in [-0.05, 0) is 42.9 Å². The lowest BCUT2D eigenvalue weighted by molar-refractivity contribution is 0.0494. The first-order valence-electron chi connectivity index (χ1n) is 10.9. The van der Waals surface area contributed by atoms with Crippen LogP contribution in [0.5, 0.6) is 5.75 Å². The van der Waals surface area contributed by atoms with Gasteiger partial charge in [-0.1, -0.05) is 13.8 Å². The normalized spacial score (nSPS) is 15.3. The molecule has 0 aliphatic carbocycles. The quantitative estimate of drug-likeness (QED) is 0.550. The van der Waals surface area contributed by atoms with Crippen molar-refractivity contribution in [2.45, 2.75) is 44.8 Å². The Bertz CT molecular complexity index is 999. The Balaban J connectivity index is 1.89. The third kappa shape index (κ3) is 5.61. The van der Waals surface area contributed by atoms with Crippen molar-refractivity contribution in [1.82, 2.24) is 9.78 Å². The Hall–Kier alpha value is -2.14. The van der Waals surface area contributed by atoms with Gasteiger partial charge in [0.25, 0.3) is 10.0 Å². The summed E-state index contributed by atoms with van der Waals surface area (Å²) in [6.45, 7) is 5.42. The zero-order chi connectivity index (χ0) is 23.3. The van der Waals surface area contributed by atoms with Gasteiger partial charge in [0.2, 0.25) is 0 Å². The minimum Gasteiger partial charge on any atom is -0.493 e. The van der Waals surface area contributed by atoms with Gasteiger partial charge in [-0.25, -0.2) is 12.7 Å². The van der Waals surface area contributed by atoms with Crippen LogP contribution in [-0.4, -0.2) is 54.8 Å². The number of anilines is 1. The summed E-state index contributed by atoms with van der Waals surface area (Å²) in [6.07, 6.45) is 1.84. The van der Waals surface area contributed by atoms with E-state index in [4.69, 9.17) is 9.47 Å². The zero-order valence-electron chi connectivity index (χ0n) is 18.9. The second kappa shape index (κ2) is 10.7. The van der Waals surface area contributed by atoms with E-state index in [1.165, 1.54) is 21.1 Å². The molecule has 0 radical (unpaired) electrons. The van der Waals surface area contributed by atoms with Crippen LogP contribution in [-0.2, 0) is 35.0 Å². The van der Waals surface area contributed by atoms with Crippen LogP contribution in [0.4, 0.5) is 5.82 Å². The Morgan fingerprint density at radius 2 is 1.94 bits per heavy atom. The predicted octanol–water partition coefficient (Wildman–Crippen LogP) is 2.06.